The van der Waals surface area contributed by atoms with Crippen LogP contribution < -0.4 is 5.73 Å². The first-order valence-corrected chi connectivity index (χ1v) is 8.74. The minimum Gasteiger partial charge on any atom is -0.366 e. The van der Waals surface area contributed by atoms with E-state index in [2.05, 4.69) is 22.0 Å². The van der Waals surface area contributed by atoms with Crippen molar-refractivity contribution in [3.8, 4) is 0 Å². The monoisotopic (exact) mass is 323 g/mol. The van der Waals surface area contributed by atoms with Crippen molar-refractivity contribution in [3.63, 3.8) is 0 Å². The number of benzene rings is 1. The smallest absolute Gasteiger partial charge is 0.248 e. The summed E-state index contributed by atoms with van der Waals surface area (Å²) in [4.78, 5) is 17.9. The molecule has 0 unspecified atom stereocenters. The maximum Gasteiger partial charge on any atom is 0.248 e. The molecule has 126 valence electrons. The molecular formula is C20H25N3O. The zero-order valence-electron chi connectivity index (χ0n) is 14.0. The molecule has 2 aromatic rings. The third kappa shape index (κ3) is 4.42. The minimum absolute atomic E-state index is 0.373. The van der Waals surface area contributed by atoms with Crippen LogP contribution in [-0.4, -0.2) is 21.8 Å². The molecule has 0 aliphatic heterocycles. The molecule has 4 heteroatoms. The van der Waals surface area contributed by atoms with Crippen LogP contribution in [0.3, 0.4) is 0 Å². The molecule has 1 aromatic heterocycles. The predicted molar refractivity (Wildman–Crippen MR) is 95.3 cm³/mol. The highest BCUT2D eigenvalue weighted by molar-refractivity contribution is 5.92. The third-order valence-corrected chi connectivity index (χ3v) is 4.85. The summed E-state index contributed by atoms with van der Waals surface area (Å²) in [5.41, 5.74) is 8.41. The lowest BCUT2D eigenvalue weighted by molar-refractivity contribution is 0.1000. The van der Waals surface area contributed by atoms with Gasteiger partial charge in [-0.05, 0) is 48.2 Å². The number of rotatable bonds is 6. The number of primary amides is 1. The van der Waals surface area contributed by atoms with Gasteiger partial charge in [-0.1, -0.05) is 31.4 Å². The highest BCUT2D eigenvalue weighted by atomic mass is 16.1. The number of nitrogens with two attached hydrogens (primary N) is 1. The van der Waals surface area contributed by atoms with E-state index >= 15 is 0 Å². The molecule has 1 amide bonds. The second-order valence-electron chi connectivity index (χ2n) is 6.61. The van der Waals surface area contributed by atoms with E-state index in [1.165, 1.54) is 43.2 Å². The van der Waals surface area contributed by atoms with Crippen LogP contribution >= 0.6 is 0 Å². The largest absolute Gasteiger partial charge is 0.366 e. The third-order valence-electron chi connectivity index (χ3n) is 4.85. The Labute approximate surface area is 143 Å². The van der Waals surface area contributed by atoms with Gasteiger partial charge in [0, 0.05) is 37.1 Å². The zero-order chi connectivity index (χ0) is 16.8. The summed E-state index contributed by atoms with van der Waals surface area (Å²) in [6.45, 7) is 1.83. The van der Waals surface area contributed by atoms with Gasteiger partial charge in [-0.25, -0.2) is 0 Å². The van der Waals surface area contributed by atoms with Gasteiger partial charge in [0.1, 0.15) is 0 Å². The SMILES string of the molecule is NC(=O)c1ccc(CN(Cc2ccncc2)C2CCCCC2)cc1. The standard InChI is InChI=1S/C20H25N3O/c21-20(24)18-8-6-16(7-9-18)14-23(19-4-2-1-3-5-19)15-17-10-12-22-13-11-17/h6-13,19H,1-5,14-15H2,(H2,21,24). The van der Waals surface area contributed by atoms with Crippen molar-refractivity contribution in [1.82, 2.24) is 9.88 Å². The average Bonchev–Trinajstić information content (AvgIpc) is 2.63. The molecule has 1 heterocycles. The normalized spacial score (nSPS) is 15.5. The Balaban J connectivity index is 1.74. The molecule has 1 aliphatic rings. The van der Waals surface area contributed by atoms with E-state index in [-0.39, 0.29) is 5.91 Å². The summed E-state index contributed by atoms with van der Waals surface area (Å²) in [6, 6.07) is 12.5. The number of pyridine rings is 1. The van der Waals surface area contributed by atoms with Gasteiger partial charge >= 0.3 is 0 Å². The quantitative estimate of drug-likeness (QED) is 0.885. The van der Waals surface area contributed by atoms with Gasteiger partial charge in [-0.2, -0.15) is 0 Å². The lowest BCUT2D eigenvalue weighted by Crippen LogP contribution is -2.35. The highest BCUT2D eigenvalue weighted by Gasteiger charge is 2.21. The lowest BCUT2D eigenvalue weighted by Gasteiger charge is -2.34. The maximum absolute atomic E-state index is 11.2. The first-order valence-electron chi connectivity index (χ1n) is 8.74. The Morgan fingerprint density at radius 1 is 0.958 bits per heavy atom. The van der Waals surface area contributed by atoms with E-state index in [1.54, 1.807) is 0 Å². The van der Waals surface area contributed by atoms with Gasteiger partial charge in [-0.3, -0.25) is 14.7 Å². The number of carbonyl (C=O) groups excluding carboxylic acids is 1. The molecule has 1 fully saturated rings. The molecule has 0 bridgehead atoms. The number of carbonyl (C=O) groups is 1. The van der Waals surface area contributed by atoms with Gasteiger partial charge in [0.15, 0.2) is 0 Å². The number of amides is 1. The van der Waals surface area contributed by atoms with Crippen LogP contribution in [0.2, 0.25) is 0 Å². The first kappa shape index (κ1) is 16.7. The summed E-state index contributed by atoms with van der Waals surface area (Å²) < 4.78 is 0. The Hall–Kier alpha value is -2.20. The molecule has 0 radical (unpaired) electrons. The Morgan fingerprint density at radius 2 is 1.54 bits per heavy atom. The van der Waals surface area contributed by atoms with Crippen LogP contribution in [0.15, 0.2) is 48.8 Å². The van der Waals surface area contributed by atoms with Crippen molar-refractivity contribution in [1.29, 1.82) is 0 Å². The molecule has 0 spiro atoms. The summed E-state index contributed by atoms with van der Waals surface area (Å²) in [5, 5.41) is 0. The van der Waals surface area contributed by atoms with Crippen LogP contribution in [0.4, 0.5) is 0 Å². The van der Waals surface area contributed by atoms with Crippen LogP contribution in [0.1, 0.15) is 53.6 Å². The summed E-state index contributed by atoms with van der Waals surface area (Å²) in [7, 11) is 0. The van der Waals surface area contributed by atoms with E-state index < -0.39 is 0 Å². The first-order chi connectivity index (χ1) is 11.7. The molecule has 1 saturated carbocycles. The maximum atomic E-state index is 11.2. The van der Waals surface area contributed by atoms with E-state index in [0.717, 1.165) is 13.1 Å². The number of hydrogen-bond donors (Lipinski definition) is 1. The number of nitrogens with zero attached hydrogens (tertiary/aromatic N) is 2. The predicted octanol–water partition coefficient (Wildman–Crippen LogP) is 3.52. The second-order valence-corrected chi connectivity index (χ2v) is 6.61. The van der Waals surface area contributed by atoms with Gasteiger partial charge in [-0.15, -0.1) is 0 Å². The van der Waals surface area contributed by atoms with E-state index in [0.29, 0.717) is 11.6 Å². The Bertz CT molecular complexity index is 648. The van der Waals surface area contributed by atoms with Crippen LogP contribution in [0.5, 0.6) is 0 Å². The fourth-order valence-corrected chi connectivity index (χ4v) is 3.49. The molecule has 3 rings (SSSR count). The van der Waals surface area contributed by atoms with E-state index in [9.17, 15) is 4.79 Å². The van der Waals surface area contributed by atoms with Gasteiger partial charge in [0.25, 0.3) is 0 Å². The van der Waals surface area contributed by atoms with Crippen molar-refractivity contribution in [3.05, 3.63) is 65.5 Å². The fraction of sp³-hybridized carbons (Fsp3) is 0.400. The van der Waals surface area contributed by atoms with Crippen LogP contribution in [0, 0.1) is 0 Å². The molecule has 1 aliphatic carbocycles. The summed E-state index contributed by atoms with van der Waals surface area (Å²) in [5.74, 6) is -0.373. The van der Waals surface area contributed by atoms with Crippen molar-refractivity contribution in [2.75, 3.05) is 0 Å². The van der Waals surface area contributed by atoms with Crippen LogP contribution in [-0.2, 0) is 13.1 Å². The van der Waals surface area contributed by atoms with Crippen LogP contribution in [0.25, 0.3) is 0 Å². The van der Waals surface area contributed by atoms with Crippen molar-refractivity contribution < 1.29 is 4.79 Å². The van der Waals surface area contributed by atoms with Gasteiger partial charge in [0.2, 0.25) is 5.91 Å². The van der Waals surface area contributed by atoms with Gasteiger partial charge in [0.05, 0.1) is 0 Å². The lowest BCUT2D eigenvalue weighted by atomic mass is 9.93. The van der Waals surface area contributed by atoms with Gasteiger partial charge < -0.3 is 5.73 Å². The summed E-state index contributed by atoms with van der Waals surface area (Å²) >= 11 is 0. The zero-order valence-corrected chi connectivity index (χ0v) is 14.0. The number of aromatic nitrogens is 1. The minimum atomic E-state index is -0.373. The molecule has 0 atom stereocenters. The molecule has 24 heavy (non-hydrogen) atoms. The van der Waals surface area contributed by atoms with E-state index in [1.807, 2.05) is 36.7 Å². The second kappa shape index (κ2) is 8.06. The average molecular weight is 323 g/mol. The molecule has 4 nitrogen and oxygen atoms in total. The Kier molecular flexibility index (Phi) is 5.59. The molecular weight excluding hydrogens is 298 g/mol. The molecule has 0 saturated heterocycles. The molecule has 2 N–H and O–H groups in total. The van der Waals surface area contributed by atoms with E-state index in [4.69, 9.17) is 5.73 Å². The highest BCUT2D eigenvalue weighted by Crippen LogP contribution is 2.25. The molecule has 1 aromatic carbocycles. The number of hydrogen-bond acceptors (Lipinski definition) is 3. The van der Waals surface area contributed by atoms with Crippen molar-refractivity contribution >= 4 is 5.91 Å². The summed E-state index contributed by atoms with van der Waals surface area (Å²) in [6.07, 6.45) is 10.2. The van der Waals surface area contributed by atoms with Crippen molar-refractivity contribution in [2.45, 2.75) is 51.2 Å². The fourth-order valence-electron chi connectivity index (χ4n) is 3.49. The Morgan fingerprint density at radius 3 is 2.12 bits per heavy atom. The van der Waals surface area contributed by atoms with Crippen molar-refractivity contribution in [2.24, 2.45) is 5.73 Å². The topological polar surface area (TPSA) is 59.2 Å².